The molecule has 112 valence electrons. The normalized spacial score (nSPS) is 20.6. The van der Waals surface area contributed by atoms with Gasteiger partial charge in [-0.05, 0) is 12.8 Å². The smallest absolute Gasteiger partial charge is 0.279 e. The molecule has 1 saturated heterocycles. The number of hydrogen-bond acceptors (Lipinski definition) is 4. The SMILES string of the molecule is CC(C)CNS(=O)(=O)N1CCN(C(C)C(=N)N)CC1. The Morgan fingerprint density at radius 3 is 2.21 bits per heavy atom. The number of piperazine rings is 1. The molecule has 1 unspecified atom stereocenters. The first kappa shape index (κ1) is 16.4. The number of amidine groups is 1. The van der Waals surface area contributed by atoms with Gasteiger partial charge in [0.1, 0.15) is 5.84 Å². The second-order valence-corrected chi connectivity index (χ2v) is 7.07. The van der Waals surface area contributed by atoms with E-state index in [0.717, 1.165) is 0 Å². The molecule has 1 heterocycles. The van der Waals surface area contributed by atoms with E-state index in [1.165, 1.54) is 4.31 Å². The van der Waals surface area contributed by atoms with Gasteiger partial charge in [-0.2, -0.15) is 12.7 Å². The molecule has 0 bridgehead atoms. The number of hydrogen-bond donors (Lipinski definition) is 3. The fourth-order valence-corrected chi connectivity index (χ4v) is 3.26. The minimum absolute atomic E-state index is 0.120. The van der Waals surface area contributed by atoms with E-state index in [2.05, 4.69) is 4.72 Å². The Morgan fingerprint density at radius 1 is 1.26 bits per heavy atom. The molecule has 1 atom stereocenters. The van der Waals surface area contributed by atoms with Crippen molar-refractivity contribution in [3.8, 4) is 0 Å². The summed E-state index contributed by atoms with van der Waals surface area (Å²) in [7, 11) is -3.38. The van der Waals surface area contributed by atoms with Crippen LogP contribution in [-0.4, -0.2) is 62.2 Å². The van der Waals surface area contributed by atoms with Crippen LogP contribution in [0.15, 0.2) is 0 Å². The first-order valence-electron chi connectivity index (χ1n) is 6.56. The quantitative estimate of drug-likeness (QED) is 0.450. The molecule has 0 spiro atoms. The molecule has 19 heavy (non-hydrogen) atoms. The highest BCUT2D eigenvalue weighted by Crippen LogP contribution is 2.09. The van der Waals surface area contributed by atoms with Gasteiger partial charge in [-0.3, -0.25) is 10.3 Å². The summed E-state index contributed by atoms with van der Waals surface area (Å²) in [6.45, 7) is 8.32. The molecule has 1 aliphatic rings. The van der Waals surface area contributed by atoms with Crippen molar-refractivity contribution in [1.29, 1.82) is 5.41 Å². The average Bonchev–Trinajstić information content (AvgIpc) is 2.35. The summed E-state index contributed by atoms with van der Waals surface area (Å²) in [4.78, 5) is 2.02. The maximum absolute atomic E-state index is 12.0. The highest BCUT2D eigenvalue weighted by atomic mass is 32.2. The Labute approximate surface area is 115 Å². The molecule has 1 aliphatic heterocycles. The molecule has 0 amide bonds. The van der Waals surface area contributed by atoms with Crippen molar-refractivity contribution >= 4 is 16.0 Å². The van der Waals surface area contributed by atoms with Gasteiger partial charge in [0, 0.05) is 32.7 Å². The Bertz CT molecular complexity index is 401. The maximum atomic E-state index is 12.0. The number of nitrogens with one attached hydrogen (secondary N) is 2. The van der Waals surface area contributed by atoms with Crippen molar-refractivity contribution in [2.24, 2.45) is 11.7 Å². The highest BCUT2D eigenvalue weighted by molar-refractivity contribution is 7.87. The predicted octanol–water partition coefficient (Wildman–Crippen LogP) is -0.581. The summed E-state index contributed by atoms with van der Waals surface area (Å²) in [5.74, 6) is 0.406. The van der Waals surface area contributed by atoms with E-state index in [4.69, 9.17) is 11.1 Å². The standard InChI is InChI=1S/C11H25N5O2S/c1-9(2)8-14-19(17,18)16-6-4-15(5-7-16)10(3)11(12)13/h9-10,14H,4-8H2,1-3H3,(H3,12,13). The van der Waals surface area contributed by atoms with Gasteiger partial charge in [0.15, 0.2) is 0 Å². The maximum Gasteiger partial charge on any atom is 0.279 e. The Morgan fingerprint density at radius 2 is 1.79 bits per heavy atom. The van der Waals surface area contributed by atoms with Crippen molar-refractivity contribution in [3.05, 3.63) is 0 Å². The van der Waals surface area contributed by atoms with Gasteiger partial charge in [-0.1, -0.05) is 13.8 Å². The van der Waals surface area contributed by atoms with E-state index in [0.29, 0.717) is 32.7 Å². The average molecular weight is 291 g/mol. The molecule has 0 aromatic carbocycles. The lowest BCUT2D eigenvalue weighted by Crippen LogP contribution is -2.56. The molecule has 0 radical (unpaired) electrons. The molecule has 7 nitrogen and oxygen atoms in total. The summed E-state index contributed by atoms with van der Waals surface area (Å²) in [6.07, 6.45) is 0. The second kappa shape index (κ2) is 6.65. The molecular weight excluding hydrogens is 266 g/mol. The largest absolute Gasteiger partial charge is 0.386 e. The zero-order valence-corrected chi connectivity index (χ0v) is 12.7. The Balaban J connectivity index is 2.51. The van der Waals surface area contributed by atoms with E-state index in [-0.39, 0.29) is 17.8 Å². The first-order chi connectivity index (χ1) is 8.74. The third kappa shape index (κ3) is 4.72. The summed E-state index contributed by atoms with van der Waals surface area (Å²) in [5, 5.41) is 7.41. The van der Waals surface area contributed by atoms with Crippen molar-refractivity contribution < 1.29 is 8.42 Å². The van der Waals surface area contributed by atoms with Gasteiger partial charge in [0.25, 0.3) is 10.2 Å². The molecular formula is C11H25N5O2S. The fraction of sp³-hybridized carbons (Fsp3) is 0.909. The van der Waals surface area contributed by atoms with Crippen LogP contribution in [0.25, 0.3) is 0 Å². The summed E-state index contributed by atoms with van der Waals surface area (Å²) < 4.78 is 28.1. The third-order valence-electron chi connectivity index (χ3n) is 3.28. The van der Waals surface area contributed by atoms with Crippen LogP contribution in [0.5, 0.6) is 0 Å². The number of nitrogens with two attached hydrogens (primary N) is 1. The van der Waals surface area contributed by atoms with Crippen LogP contribution in [0.1, 0.15) is 20.8 Å². The third-order valence-corrected chi connectivity index (χ3v) is 4.86. The van der Waals surface area contributed by atoms with Crippen molar-refractivity contribution in [1.82, 2.24) is 13.9 Å². The Kier molecular flexibility index (Phi) is 5.72. The molecule has 0 aromatic rings. The molecule has 1 fully saturated rings. The highest BCUT2D eigenvalue weighted by Gasteiger charge is 2.29. The van der Waals surface area contributed by atoms with Gasteiger partial charge in [0.05, 0.1) is 6.04 Å². The van der Waals surface area contributed by atoms with Crippen LogP contribution in [0.2, 0.25) is 0 Å². The van der Waals surface area contributed by atoms with Gasteiger partial charge in [-0.15, -0.1) is 0 Å². The Hall–Kier alpha value is -0.700. The van der Waals surface area contributed by atoms with Gasteiger partial charge in [0.2, 0.25) is 0 Å². The minimum Gasteiger partial charge on any atom is -0.386 e. The van der Waals surface area contributed by atoms with Crippen LogP contribution >= 0.6 is 0 Å². The van der Waals surface area contributed by atoms with E-state index in [9.17, 15) is 8.42 Å². The van der Waals surface area contributed by atoms with Crippen LogP contribution in [0.3, 0.4) is 0 Å². The monoisotopic (exact) mass is 291 g/mol. The van der Waals surface area contributed by atoms with Crippen LogP contribution in [0.4, 0.5) is 0 Å². The molecule has 8 heteroatoms. The molecule has 4 N–H and O–H groups in total. The van der Waals surface area contributed by atoms with Crippen molar-refractivity contribution in [2.45, 2.75) is 26.8 Å². The first-order valence-corrected chi connectivity index (χ1v) is 8.00. The molecule has 0 saturated carbocycles. The van der Waals surface area contributed by atoms with Crippen LogP contribution in [-0.2, 0) is 10.2 Å². The molecule has 0 aromatic heterocycles. The number of rotatable bonds is 6. The van der Waals surface area contributed by atoms with Crippen molar-refractivity contribution in [2.75, 3.05) is 32.7 Å². The van der Waals surface area contributed by atoms with E-state index >= 15 is 0 Å². The lowest BCUT2D eigenvalue weighted by molar-refractivity contribution is 0.172. The van der Waals surface area contributed by atoms with E-state index < -0.39 is 10.2 Å². The molecule has 0 aliphatic carbocycles. The number of nitrogens with zero attached hydrogens (tertiary/aromatic N) is 2. The summed E-state index contributed by atoms with van der Waals surface area (Å²) in [5.41, 5.74) is 5.47. The predicted molar refractivity (Wildman–Crippen MR) is 76.3 cm³/mol. The van der Waals surface area contributed by atoms with Gasteiger partial charge < -0.3 is 5.73 Å². The minimum atomic E-state index is -3.38. The lowest BCUT2D eigenvalue weighted by Gasteiger charge is -2.36. The zero-order valence-electron chi connectivity index (χ0n) is 11.9. The lowest BCUT2D eigenvalue weighted by atomic mass is 10.2. The van der Waals surface area contributed by atoms with Crippen LogP contribution in [0, 0.1) is 11.3 Å². The fourth-order valence-electron chi connectivity index (χ4n) is 1.89. The van der Waals surface area contributed by atoms with Crippen LogP contribution < -0.4 is 10.5 Å². The summed E-state index contributed by atoms with van der Waals surface area (Å²) >= 11 is 0. The molecule has 1 rings (SSSR count). The summed E-state index contributed by atoms with van der Waals surface area (Å²) in [6, 6.07) is -0.131. The van der Waals surface area contributed by atoms with Crippen molar-refractivity contribution in [3.63, 3.8) is 0 Å². The van der Waals surface area contributed by atoms with Gasteiger partial charge >= 0.3 is 0 Å². The van der Waals surface area contributed by atoms with Gasteiger partial charge in [-0.25, -0.2) is 4.72 Å². The van der Waals surface area contributed by atoms with E-state index in [1.807, 2.05) is 25.7 Å². The second-order valence-electron chi connectivity index (χ2n) is 5.31. The topological polar surface area (TPSA) is 103 Å². The van der Waals surface area contributed by atoms with E-state index in [1.54, 1.807) is 0 Å². The zero-order chi connectivity index (χ0) is 14.6.